The summed E-state index contributed by atoms with van der Waals surface area (Å²) >= 11 is 0. The minimum atomic E-state index is -0.299. The second-order valence-corrected chi connectivity index (χ2v) is 6.59. The summed E-state index contributed by atoms with van der Waals surface area (Å²) in [6.45, 7) is 1.89. The maximum Gasteiger partial charge on any atom is 0.240 e. The maximum absolute atomic E-state index is 12.0. The Labute approximate surface area is 151 Å². The average Bonchev–Trinajstić information content (AvgIpc) is 2.98. The molecule has 0 atom stereocenters. The summed E-state index contributed by atoms with van der Waals surface area (Å²) in [6, 6.07) is 5.67. The molecule has 2 fully saturated rings. The molecular formula is C18H21N5O3. The summed E-state index contributed by atoms with van der Waals surface area (Å²) < 4.78 is 0. The Morgan fingerprint density at radius 3 is 2.62 bits per heavy atom. The van der Waals surface area contributed by atoms with Gasteiger partial charge in [-0.3, -0.25) is 19.3 Å². The number of carbonyl (C=O) groups excluding carboxylic acids is 3. The lowest BCUT2D eigenvalue weighted by molar-refractivity contribution is -0.142. The van der Waals surface area contributed by atoms with E-state index < -0.39 is 0 Å². The predicted octanol–water partition coefficient (Wildman–Crippen LogP) is 0.435. The molecule has 136 valence electrons. The van der Waals surface area contributed by atoms with Crippen molar-refractivity contribution in [2.24, 2.45) is 5.92 Å². The fourth-order valence-corrected chi connectivity index (χ4v) is 3.34. The van der Waals surface area contributed by atoms with Gasteiger partial charge in [0.2, 0.25) is 17.7 Å². The topological polar surface area (TPSA) is 106 Å². The molecule has 1 aromatic rings. The highest BCUT2D eigenvalue weighted by Crippen LogP contribution is 2.23. The molecule has 26 heavy (non-hydrogen) atoms. The number of nitrogens with one attached hydrogen (secondary N) is 1. The third-order valence-corrected chi connectivity index (χ3v) is 4.87. The Morgan fingerprint density at radius 2 is 1.96 bits per heavy atom. The quantitative estimate of drug-likeness (QED) is 0.768. The van der Waals surface area contributed by atoms with Crippen LogP contribution in [0.2, 0.25) is 0 Å². The molecule has 0 spiro atoms. The van der Waals surface area contributed by atoms with E-state index in [4.69, 9.17) is 0 Å². The lowest BCUT2D eigenvalue weighted by Crippen LogP contribution is -2.43. The minimum Gasteiger partial charge on any atom is -0.356 e. The van der Waals surface area contributed by atoms with Crippen LogP contribution in [0.25, 0.3) is 0 Å². The molecule has 1 aromatic heterocycles. The van der Waals surface area contributed by atoms with Crippen molar-refractivity contribution in [3.8, 4) is 6.07 Å². The minimum absolute atomic E-state index is 0.185. The number of aromatic nitrogens is 1. The van der Waals surface area contributed by atoms with Gasteiger partial charge in [-0.15, -0.1) is 0 Å². The Balaban J connectivity index is 1.44. The summed E-state index contributed by atoms with van der Waals surface area (Å²) in [5.74, 6) is 0.190. The van der Waals surface area contributed by atoms with Crippen LogP contribution in [0.1, 0.15) is 31.2 Å². The number of nitrogens with zero attached hydrogens (tertiary/aromatic N) is 4. The van der Waals surface area contributed by atoms with Crippen molar-refractivity contribution in [2.75, 3.05) is 31.1 Å². The van der Waals surface area contributed by atoms with E-state index in [1.54, 1.807) is 18.3 Å². The monoisotopic (exact) mass is 355 g/mol. The van der Waals surface area contributed by atoms with Gasteiger partial charge in [-0.25, -0.2) is 4.98 Å². The van der Waals surface area contributed by atoms with Crippen LogP contribution in [-0.4, -0.2) is 53.8 Å². The number of piperidine rings is 1. The van der Waals surface area contributed by atoms with E-state index in [-0.39, 0.29) is 37.1 Å². The number of anilines is 1. The second kappa shape index (κ2) is 7.95. The fourth-order valence-electron chi connectivity index (χ4n) is 3.34. The molecule has 8 heteroatoms. The van der Waals surface area contributed by atoms with E-state index in [2.05, 4.69) is 21.3 Å². The van der Waals surface area contributed by atoms with Gasteiger partial charge in [0.1, 0.15) is 18.4 Å². The zero-order chi connectivity index (χ0) is 18.5. The molecule has 8 nitrogen and oxygen atoms in total. The van der Waals surface area contributed by atoms with Crippen LogP contribution in [0.15, 0.2) is 18.3 Å². The van der Waals surface area contributed by atoms with Crippen molar-refractivity contribution < 1.29 is 14.4 Å². The van der Waals surface area contributed by atoms with E-state index in [9.17, 15) is 19.6 Å². The number of rotatable bonds is 5. The first-order valence-electron chi connectivity index (χ1n) is 8.78. The van der Waals surface area contributed by atoms with E-state index in [1.807, 2.05) is 0 Å². The highest BCUT2D eigenvalue weighted by Gasteiger charge is 2.30. The summed E-state index contributed by atoms with van der Waals surface area (Å²) in [6.07, 6.45) is 3.83. The highest BCUT2D eigenvalue weighted by molar-refractivity contribution is 6.04. The van der Waals surface area contributed by atoms with Crippen LogP contribution in [0.5, 0.6) is 0 Å². The van der Waals surface area contributed by atoms with Crippen molar-refractivity contribution in [2.45, 2.75) is 25.7 Å². The molecule has 0 radical (unpaired) electrons. The zero-order valence-electron chi connectivity index (χ0n) is 14.5. The highest BCUT2D eigenvalue weighted by atomic mass is 16.2. The third-order valence-electron chi connectivity index (χ3n) is 4.87. The van der Waals surface area contributed by atoms with Crippen LogP contribution in [-0.2, 0) is 14.4 Å². The van der Waals surface area contributed by atoms with Gasteiger partial charge in [0.25, 0.3) is 0 Å². The number of nitriles is 1. The second-order valence-electron chi connectivity index (χ2n) is 6.59. The number of amides is 3. The molecule has 3 rings (SSSR count). The first-order chi connectivity index (χ1) is 12.6. The molecule has 0 aliphatic carbocycles. The van der Waals surface area contributed by atoms with Crippen LogP contribution >= 0.6 is 0 Å². The maximum atomic E-state index is 12.0. The van der Waals surface area contributed by atoms with Gasteiger partial charge in [0.05, 0.1) is 5.56 Å². The average molecular weight is 355 g/mol. The molecule has 1 N–H and O–H groups in total. The van der Waals surface area contributed by atoms with Crippen molar-refractivity contribution in [1.82, 2.24) is 15.2 Å². The molecule has 2 aliphatic rings. The molecule has 2 aliphatic heterocycles. The normalized spacial score (nSPS) is 18.1. The van der Waals surface area contributed by atoms with Crippen molar-refractivity contribution >= 4 is 23.5 Å². The van der Waals surface area contributed by atoms with Gasteiger partial charge in [0.15, 0.2) is 0 Å². The lowest BCUT2D eigenvalue weighted by Gasteiger charge is -2.33. The molecule has 0 unspecified atom stereocenters. The van der Waals surface area contributed by atoms with Crippen molar-refractivity contribution in [3.05, 3.63) is 23.9 Å². The van der Waals surface area contributed by atoms with E-state index in [1.165, 1.54) is 0 Å². The molecule has 3 amide bonds. The summed E-state index contributed by atoms with van der Waals surface area (Å²) in [4.78, 5) is 42.5. The summed E-state index contributed by atoms with van der Waals surface area (Å²) in [5, 5.41) is 12.0. The van der Waals surface area contributed by atoms with Gasteiger partial charge < -0.3 is 10.2 Å². The summed E-state index contributed by atoms with van der Waals surface area (Å²) in [7, 11) is 0. The molecule has 2 saturated heterocycles. The fraction of sp³-hybridized carbons (Fsp3) is 0.500. The Hall–Kier alpha value is -2.95. The Kier molecular flexibility index (Phi) is 5.46. The van der Waals surface area contributed by atoms with Crippen LogP contribution in [0.4, 0.5) is 5.82 Å². The van der Waals surface area contributed by atoms with E-state index in [0.29, 0.717) is 23.8 Å². The first kappa shape index (κ1) is 17.9. The van der Waals surface area contributed by atoms with Crippen molar-refractivity contribution in [1.29, 1.82) is 5.26 Å². The lowest BCUT2D eigenvalue weighted by atomic mass is 9.96. The third kappa shape index (κ3) is 3.99. The van der Waals surface area contributed by atoms with E-state index in [0.717, 1.165) is 30.8 Å². The summed E-state index contributed by atoms with van der Waals surface area (Å²) in [5.41, 5.74) is 0.569. The van der Waals surface area contributed by atoms with Gasteiger partial charge in [-0.1, -0.05) is 0 Å². The van der Waals surface area contributed by atoms with Gasteiger partial charge >= 0.3 is 0 Å². The van der Waals surface area contributed by atoms with Gasteiger partial charge in [0, 0.05) is 38.7 Å². The van der Waals surface area contributed by atoms with Gasteiger partial charge in [-0.2, -0.15) is 5.26 Å². The molecular weight excluding hydrogens is 334 g/mol. The number of hydrogen-bond acceptors (Lipinski definition) is 6. The number of imide groups is 1. The van der Waals surface area contributed by atoms with Crippen LogP contribution in [0.3, 0.4) is 0 Å². The van der Waals surface area contributed by atoms with E-state index >= 15 is 0 Å². The zero-order valence-corrected chi connectivity index (χ0v) is 14.5. The molecule has 3 heterocycles. The number of carbonyl (C=O) groups is 3. The van der Waals surface area contributed by atoms with Crippen LogP contribution in [0, 0.1) is 17.2 Å². The number of pyridine rings is 1. The van der Waals surface area contributed by atoms with Crippen LogP contribution < -0.4 is 10.2 Å². The predicted molar refractivity (Wildman–Crippen MR) is 92.9 cm³/mol. The standard InChI is InChI=1S/C18H21N5O3/c19-10-14-2-1-7-20-18(14)22-8-5-13(6-9-22)11-21-15(24)12-23-16(25)3-4-17(23)26/h1-2,7,13H,3-6,8-9,11-12H2,(H,21,24). The SMILES string of the molecule is N#Cc1cccnc1N1CCC(CNC(=O)CN2C(=O)CCC2=O)CC1. The largest absolute Gasteiger partial charge is 0.356 e. The smallest absolute Gasteiger partial charge is 0.240 e. The molecule has 0 aromatic carbocycles. The molecule has 0 bridgehead atoms. The number of hydrogen-bond donors (Lipinski definition) is 1. The van der Waals surface area contributed by atoms with Gasteiger partial charge in [-0.05, 0) is 30.9 Å². The Morgan fingerprint density at radius 1 is 1.27 bits per heavy atom. The Bertz CT molecular complexity index is 733. The van der Waals surface area contributed by atoms with Crippen molar-refractivity contribution in [3.63, 3.8) is 0 Å². The first-order valence-corrected chi connectivity index (χ1v) is 8.78. The molecule has 0 saturated carbocycles. The number of likely N-dealkylation sites (tertiary alicyclic amines) is 1.